The smallest absolute Gasteiger partial charge is 0.243 e. The number of nitrogens with zero attached hydrogens (tertiary/aromatic N) is 1. The van der Waals surface area contributed by atoms with Crippen molar-refractivity contribution in [3.8, 4) is 0 Å². The van der Waals surface area contributed by atoms with Crippen molar-refractivity contribution < 1.29 is 13.2 Å². The molecule has 1 aliphatic rings. The quantitative estimate of drug-likeness (QED) is 0.796. The molecule has 7 heteroatoms. The van der Waals surface area contributed by atoms with Crippen LogP contribution in [0.3, 0.4) is 0 Å². The molecule has 0 atom stereocenters. The van der Waals surface area contributed by atoms with Crippen LogP contribution in [0.1, 0.15) is 0 Å². The molecule has 0 radical (unpaired) electrons. The molecular formula is C12H17NO3S3. The Balaban J connectivity index is 2.34. The molecule has 19 heavy (non-hydrogen) atoms. The summed E-state index contributed by atoms with van der Waals surface area (Å²) in [5.41, 5.74) is 0. The van der Waals surface area contributed by atoms with Crippen molar-refractivity contribution in [2.45, 2.75) is 14.7 Å². The molecule has 1 aromatic rings. The molecule has 0 spiro atoms. The first-order chi connectivity index (χ1) is 9.09. The fourth-order valence-corrected chi connectivity index (χ4v) is 4.90. The molecule has 0 bridgehead atoms. The van der Waals surface area contributed by atoms with Gasteiger partial charge in [-0.1, -0.05) is 0 Å². The van der Waals surface area contributed by atoms with Gasteiger partial charge >= 0.3 is 0 Å². The lowest BCUT2D eigenvalue weighted by Gasteiger charge is -2.26. The zero-order chi connectivity index (χ0) is 13.9. The molecular weight excluding hydrogens is 302 g/mol. The van der Waals surface area contributed by atoms with Crippen LogP contribution in [0.25, 0.3) is 0 Å². The number of hydrogen-bond acceptors (Lipinski definition) is 5. The fraction of sp³-hybridized carbons (Fsp3) is 0.500. The average molecular weight is 319 g/mol. The molecule has 0 saturated carbocycles. The molecule has 0 aromatic heterocycles. The van der Waals surface area contributed by atoms with E-state index in [4.69, 9.17) is 4.74 Å². The topological polar surface area (TPSA) is 46.6 Å². The minimum atomic E-state index is -3.39. The van der Waals surface area contributed by atoms with E-state index in [2.05, 4.69) is 0 Å². The Morgan fingerprint density at radius 1 is 1.11 bits per heavy atom. The van der Waals surface area contributed by atoms with Gasteiger partial charge in [0.15, 0.2) is 0 Å². The predicted octanol–water partition coefficient (Wildman–Crippen LogP) is 2.15. The number of rotatable bonds is 4. The summed E-state index contributed by atoms with van der Waals surface area (Å²) in [7, 11) is -3.39. The summed E-state index contributed by atoms with van der Waals surface area (Å²) in [4.78, 5) is 2.48. The van der Waals surface area contributed by atoms with Gasteiger partial charge in [-0.15, -0.1) is 23.5 Å². The zero-order valence-corrected chi connectivity index (χ0v) is 13.4. The van der Waals surface area contributed by atoms with Crippen LogP contribution in [-0.4, -0.2) is 51.5 Å². The van der Waals surface area contributed by atoms with Crippen molar-refractivity contribution in [3.63, 3.8) is 0 Å². The third kappa shape index (κ3) is 3.28. The molecule has 1 aromatic carbocycles. The summed E-state index contributed by atoms with van der Waals surface area (Å²) in [5.74, 6) is 0. The number of benzene rings is 1. The number of morpholine rings is 1. The molecule has 1 heterocycles. The lowest BCUT2D eigenvalue weighted by molar-refractivity contribution is 0.0730. The first kappa shape index (κ1) is 15.2. The van der Waals surface area contributed by atoms with E-state index >= 15 is 0 Å². The summed E-state index contributed by atoms with van der Waals surface area (Å²) >= 11 is 3.19. The van der Waals surface area contributed by atoms with E-state index in [-0.39, 0.29) is 0 Å². The average Bonchev–Trinajstić information content (AvgIpc) is 2.47. The van der Waals surface area contributed by atoms with E-state index < -0.39 is 10.0 Å². The van der Waals surface area contributed by atoms with Gasteiger partial charge in [0, 0.05) is 22.9 Å². The standard InChI is InChI=1S/C12H17NO3S3/c1-17-11-4-3-10(9-12(11)18-2)19(14,15)13-5-7-16-8-6-13/h3-4,9H,5-8H2,1-2H3. The van der Waals surface area contributed by atoms with Crippen molar-refractivity contribution in [2.75, 3.05) is 38.8 Å². The third-order valence-corrected chi connectivity index (χ3v) is 6.56. The van der Waals surface area contributed by atoms with E-state index in [0.717, 1.165) is 9.79 Å². The van der Waals surface area contributed by atoms with Crippen molar-refractivity contribution in [1.82, 2.24) is 4.31 Å². The largest absolute Gasteiger partial charge is 0.379 e. The third-order valence-electron chi connectivity index (χ3n) is 2.96. The van der Waals surface area contributed by atoms with Crippen LogP contribution < -0.4 is 0 Å². The van der Waals surface area contributed by atoms with Crippen LogP contribution in [-0.2, 0) is 14.8 Å². The summed E-state index contributed by atoms with van der Waals surface area (Å²) in [6, 6.07) is 5.33. The monoisotopic (exact) mass is 319 g/mol. The Hall–Kier alpha value is -0.210. The number of thioether (sulfide) groups is 2. The van der Waals surface area contributed by atoms with E-state index in [1.165, 1.54) is 4.31 Å². The molecule has 1 aliphatic heterocycles. The maximum atomic E-state index is 12.5. The second-order valence-corrected chi connectivity index (χ2v) is 7.67. The summed E-state index contributed by atoms with van der Waals surface area (Å²) in [6.07, 6.45) is 3.95. The minimum Gasteiger partial charge on any atom is -0.379 e. The Morgan fingerprint density at radius 2 is 1.74 bits per heavy atom. The van der Waals surface area contributed by atoms with Crippen LogP contribution in [0.2, 0.25) is 0 Å². The van der Waals surface area contributed by atoms with Gasteiger partial charge in [-0.3, -0.25) is 0 Å². The summed E-state index contributed by atoms with van der Waals surface area (Å²) in [6.45, 7) is 1.80. The molecule has 0 N–H and O–H groups in total. The Morgan fingerprint density at radius 3 is 2.32 bits per heavy atom. The second kappa shape index (κ2) is 6.49. The normalized spacial score (nSPS) is 17.6. The maximum absolute atomic E-state index is 12.5. The highest BCUT2D eigenvalue weighted by molar-refractivity contribution is 8.01. The molecule has 1 fully saturated rings. The molecule has 1 saturated heterocycles. The Bertz CT molecular complexity index is 539. The number of hydrogen-bond donors (Lipinski definition) is 0. The van der Waals surface area contributed by atoms with Crippen molar-refractivity contribution in [1.29, 1.82) is 0 Å². The Kier molecular flexibility index (Phi) is 5.19. The van der Waals surface area contributed by atoms with Crippen LogP contribution in [0.15, 0.2) is 32.9 Å². The van der Waals surface area contributed by atoms with Crippen LogP contribution >= 0.6 is 23.5 Å². The Labute approximate surface area is 122 Å². The van der Waals surface area contributed by atoms with E-state index in [0.29, 0.717) is 31.2 Å². The van der Waals surface area contributed by atoms with Gasteiger partial charge < -0.3 is 4.74 Å². The van der Waals surface area contributed by atoms with Crippen molar-refractivity contribution in [2.24, 2.45) is 0 Å². The second-order valence-electron chi connectivity index (χ2n) is 4.03. The molecule has 2 rings (SSSR count). The fourth-order valence-electron chi connectivity index (χ4n) is 1.91. The van der Waals surface area contributed by atoms with Crippen LogP contribution in [0.4, 0.5) is 0 Å². The number of sulfonamides is 1. The zero-order valence-electron chi connectivity index (χ0n) is 11.0. The van der Waals surface area contributed by atoms with Gasteiger partial charge in [-0.2, -0.15) is 4.31 Å². The first-order valence-corrected chi connectivity index (χ1v) is 9.78. The summed E-state index contributed by atoms with van der Waals surface area (Å²) in [5, 5.41) is 0. The SMILES string of the molecule is CSc1ccc(S(=O)(=O)N2CCOCC2)cc1SC. The molecule has 0 aliphatic carbocycles. The highest BCUT2D eigenvalue weighted by Gasteiger charge is 2.26. The van der Waals surface area contributed by atoms with Crippen LogP contribution in [0.5, 0.6) is 0 Å². The predicted molar refractivity (Wildman–Crippen MR) is 79.6 cm³/mol. The van der Waals surface area contributed by atoms with Crippen molar-refractivity contribution in [3.05, 3.63) is 18.2 Å². The lowest BCUT2D eigenvalue weighted by atomic mass is 10.4. The minimum absolute atomic E-state index is 0.372. The molecule has 0 unspecified atom stereocenters. The summed E-state index contributed by atoms with van der Waals surface area (Å²) < 4.78 is 31.7. The van der Waals surface area contributed by atoms with E-state index in [9.17, 15) is 8.42 Å². The lowest BCUT2D eigenvalue weighted by Crippen LogP contribution is -2.40. The van der Waals surface area contributed by atoms with Gasteiger partial charge in [0.2, 0.25) is 10.0 Å². The van der Waals surface area contributed by atoms with E-state index in [1.807, 2.05) is 18.6 Å². The van der Waals surface area contributed by atoms with Gasteiger partial charge in [0.25, 0.3) is 0 Å². The molecule has 106 valence electrons. The highest BCUT2D eigenvalue weighted by atomic mass is 32.2. The maximum Gasteiger partial charge on any atom is 0.243 e. The van der Waals surface area contributed by atoms with Gasteiger partial charge in [-0.05, 0) is 30.7 Å². The van der Waals surface area contributed by atoms with Crippen LogP contribution in [0, 0.1) is 0 Å². The molecule has 0 amide bonds. The molecule has 4 nitrogen and oxygen atoms in total. The number of ether oxygens (including phenoxy) is 1. The van der Waals surface area contributed by atoms with Gasteiger partial charge in [0.05, 0.1) is 18.1 Å². The van der Waals surface area contributed by atoms with Gasteiger partial charge in [-0.25, -0.2) is 8.42 Å². The first-order valence-electron chi connectivity index (χ1n) is 5.89. The van der Waals surface area contributed by atoms with Gasteiger partial charge in [0.1, 0.15) is 0 Å². The van der Waals surface area contributed by atoms with E-state index in [1.54, 1.807) is 35.7 Å². The van der Waals surface area contributed by atoms with Crippen molar-refractivity contribution >= 4 is 33.5 Å². The highest BCUT2D eigenvalue weighted by Crippen LogP contribution is 2.31.